The van der Waals surface area contributed by atoms with E-state index in [-0.39, 0.29) is 5.91 Å². The summed E-state index contributed by atoms with van der Waals surface area (Å²) in [6.45, 7) is 2.10. The van der Waals surface area contributed by atoms with Crippen LogP contribution in [0.5, 0.6) is 0 Å². The van der Waals surface area contributed by atoms with Crippen LogP contribution in [0, 0.1) is 6.92 Å². The molecule has 0 aliphatic carbocycles. The summed E-state index contributed by atoms with van der Waals surface area (Å²) in [5.74, 6) is 0.529. The molecule has 1 aromatic carbocycles. The Morgan fingerprint density at radius 1 is 1.29 bits per heavy atom. The van der Waals surface area contributed by atoms with Gasteiger partial charge in [0.25, 0.3) is 0 Å². The van der Waals surface area contributed by atoms with E-state index in [2.05, 4.69) is 16.9 Å². The Morgan fingerprint density at radius 3 is 2.75 bits per heavy atom. The smallest absolute Gasteiger partial charge is 0.217 e. The third-order valence-electron chi connectivity index (χ3n) is 3.57. The van der Waals surface area contributed by atoms with E-state index >= 15 is 0 Å². The average molecular weight is 378 g/mol. The number of carbonyl (C=O) groups is 1. The summed E-state index contributed by atoms with van der Waals surface area (Å²) in [7, 11) is 0. The van der Waals surface area contributed by atoms with Gasteiger partial charge in [0.2, 0.25) is 5.91 Å². The molecule has 2 heterocycles. The number of fused-ring (bicyclic) bond motifs is 1. The van der Waals surface area contributed by atoms with Crippen molar-refractivity contribution in [1.82, 2.24) is 9.97 Å². The molecule has 0 radical (unpaired) electrons. The average Bonchev–Trinajstić information content (AvgIpc) is 2.89. The van der Waals surface area contributed by atoms with Crippen molar-refractivity contribution >= 4 is 50.8 Å². The van der Waals surface area contributed by atoms with E-state index in [1.807, 2.05) is 24.3 Å². The largest absolute Gasteiger partial charge is 0.370 e. The van der Waals surface area contributed by atoms with E-state index < -0.39 is 0 Å². The van der Waals surface area contributed by atoms with Crippen molar-refractivity contribution in [2.45, 2.75) is 24.8 Å². The molecule has 0 fully saturated rings. The zero-order chi connectivity index (χ0) is 17.1. The molecule has 0 saturated carbocycles. The molecule has 124 valence electrons. The molecule has 0 aliphatic rings. The lowest BCUT2D eigenvalue weighted by atomic mass is 10.0. The highest BCUT2D eigenvalue weighted by Gasteiger charge is 2.17. The normalized spacial score (nSPS) is 11.1. The molecule has 1 amide bonds. The lowest BCUT2D eigenvalue weighted by Gasteiger charge is -2.06. The molecule has 0 atom stereocenters. The van der Waals surface area contributed by atoms with Crippen molar-refractivity contribution in [3.63, 3.8) is 0 Å². The standard InChI is InChI=1S/C17H16ClN3OS2/c1-10-14(11-4-6-12(18)7-5-11)15-16(20-9-21-17(15)24-10)23-8-2-3-13(19)22/h4-7,9H,2-3,8H2,1H3,(H2,19,22). The Morgan fingerprint density at radius 2 is 2.04 bits per heavy atom. The first-order valence-corrected chi connectivity index (χ1v) is 9.65. The number of nitrogens with two attached hydrogens (primary N) is 1. The van der Waals surface area contributed by atoms with Crippen LogP contribution in [-0.4, -0.2) is 21.6 Å². The number of primary amides is 1. The number of nitrogens with zero attached hydrogens (tertiary/aromatic N) is 2. The number of hydrogen-bond donors (Lipinski definition) is 1. The quantitative estimate of drug-likeness (QED) is 0.384. The summed E-state index contributed by atoms with van der Waals surface area (Å²) >= 11 is 9.31. The predicted octanol–water partition coefficient (Wildman–Crippen LogP) is 4.68. The second-order valence-corrected chi connectivity index (χ2v) is 8.04. The van der Waals surface area contributed by atoms with Crippen LogP contribution in [0.2, 0.25) is 5.02 Å². The minimum Gasteiger partial charge on any atom is -0.370 e. The van der Waals surface area contributed by atoms with Gasteiger partial charge in [-0.2, -0.15) is 0 Å². The molecule has 4 nitrogen and oxygen atoms in total. The van der Waals surface area contributed by atoms with Gasteiger partial charge in [-0.1, -0.05) is 23.7 Å². The van der Waals surface area contributed by atoms with Crippen molar-refractivity contribution in [2.75, 3.05) is 5.75 Å². The fourth-order valence-corrected chi connectivity index (χ4v) is 4.66. The number of hydrogen-bond acceptors (Lipinski definition) is 5. The highest BCUT2D eigenvalue weighted by molar-refractivity contribution is 7.99. The predicted molar refractivity (Wildman–Crippen MR) is 102 cm³/mol. The van der Waals surface area contributed by atoms with Gasteiger partial charge in [0.1, 0.15) is 16.2 Å². The van der Waals surface area contributed by atoms with Gasteiger partial charge in [0, 0.05) is 27.6 Å². The summed E-state index contributed by atoms with van der Waals surface area (Å²) in [5, 5.41) is 2.73. The topological polar surface area (TPSA) is 68.9 Å². The van der Waals surface area contributed by atoms with E-state index in [1.54, 1.807) is 29.4 Å². The molecule has 7 heteroatoms. The van der Waals surface area contributed by atoms with Gasteiger partial charge in [-0.25, -0.2) is 9.97 Å². The molecular formula is C17H16ClN3OS2. The Labute approximate surface area is 153 Å². The molecule has 24 heavy (non-hydrogen) atoms. The van der Waals surface area contributed by atoms with Crippen molar-refractivity contribution in [2.24, 2.45) is 5.73 Å². The molecule has 3 rings (SSSR count). The van der Waals surface area contributed by atoms with Crippen LogP contribution in [-0.2, 0) is 4.79 Å². The first kappa shape index (κ1) is 17.2. The first-order chi connectivity index (χ1) is 11.6. The van der Waals surface area contributed by atoms with Crippen LogP contribution in [0.15, 0.2) is 35.6 Å². The maximum absolute atomic E-state index is 10.9. The van der Waals surface area contributed by atoms with Crippen molar-refractivity contribution in [3.05, 3.63) is 40.5 Å². The molecule has 2 N–H and O–H groups in total. The van der Waals surface area contributed by atoms with E-state index in [4.69, 9.17) is 17.3 Å². The summed E-state index contributed by atoms with van der Waals surface area (Å²) < 4.78 is 0. The molecule has 0 saturated heterocycles. The van der Waals surface area contributed by atoms with Crippen molar-refractivity contribution in [1.29, 1.82) is 0 Å². The fourth-order valence-electron chi connectivity index (χ4n) is 2.51. The van der Waals surface area contributed by atoms with Crippen molar-refractivity contribution < 1.29 is 4.79 Å². The van der Waals surface area contributed by atoms with Gasteiger partial charge in [-0.05, 0) is 31.0 Å². The first-order valence-electron chi connectivity index (χ1n) is 7.47. The van der Waals surface area contributed by atoms with Gasteiger partial charge in [0.05, 0.1) is 5.39 Å². The van der Waals surface area contributed by atoms with E-state index in [1.165, 1.54) is 4.88 Å². The number of aryl methyl sites for hydroxylation is 1. The Bertz CT molecular complexity index is 877. The summed E-state index contributed by atoms with van der Waals surface area (Å²) in [5.41, 5.74) is 7.46. The molecule has 0 aliphatic heterocycles. The number of thiophene rings is 1. The lowest BCUT2D eigenvalue weighted by molar-refractivity contribution is -0.118. The Hall–Kier alpha value is -1.63. The summed E-state index contributed by atoms with van der Waals surface area (Å²) in [6, 6.07) is 7.82. The SMILES string of the molecule is Cc1sc2ncnc(SCCCC(N)=O)c2c1-c1ccc(Cl)cc1. The zero-order valence-electron chi connectivity index (χ0n) is 13.1. The molecule has 0 spiro atoms. The monoisotopic (exact) mass is 377 g/mol. The third-order valence-corrected chi connectivity index (χ3v) is 5.91. The van der Waals surface area contributed by atoms with Crippen LogP contribution < -0.4 is 5.73 Å². The van der Waals surface area contributed by atoms with Crippen LogP contribution in [0.1, 0.15) is 17.7 Å². The highest BCUT2D eigenvalue weighted by atomic mass is 35.5. The van der Waals surface area contributed by atoms with Crippen LogP contribution in [0.25, 0.3) is 21.3 Å². The minimum atomic E-state index is -0.267. The maximum atomic E-state index is 10.9. The summed E-state index contributed by atoms with van der Waals surface area (Å²) in [4.78, 5) is 21.9. The second kappa shape index (κ2) is 7.51. The molecule has 0 unspecified atom stereocenters. The molecular weight excluding hydrogens is 362 g/mol. The molecule has 2 aromatic heterocycles. The fraction of sp³-hybridized carbons (Fsp3) is 0.235. The van der Waals surface area contributed by atoms with Crippen LogP contribution in [0.4, 0.5) is 0 Å². The number of carbonyl (C=O) groups excluding carboxylic acids is 1. The lowest BCUT2D eigenvalue weighted by Crippen LogP contribution is -2.10. The van der Waals surface area contributed by atoms with E-state index in [9.17, 15) is 4.79 Å². The van der Waals surface area contributed by atoms with Gasteiger partial charge >= 0.3 is 0 Å². The number of thioether (sulfide) groups is 1. The number of halogens is 1. The van der Waals surface area contributed by atoms with Crippen molar-refractivity contribution in [3.8, 4) is 11.1 Å². The maximum Gasteiger partial charge on any atom is 0.217 e. The molecule has 3 aromatic rings. The van der Waals surface area contributed by atoms with Gasteiger partial charge in [-0.15, -0.1) is 23.1 Å². The number of rotatable bonds is 6. The number of benzene rings is 1. The van der Waals surface area contributed by atoms with E-state index in [0.717, 1.165) is 38.5 Å². The van der Waals surface area contributed by atoms with E-state index in [0.29, 0.717) is 11.4 Å². The Balaban J connectivity index is 1.98. The summed E-state index contributed by atoms with van der Waals surface area (Å²) in [6.07, 6.45) is 2.74. The van der Waals surface area contributed by atoms with Gasteiger partial charge < -0.3 is 5.73 Å². The number of aromatic nitrogens is 2. The third kappa shape index (κ3) is 3.71. The minimum absolute atomic E-state index is 0.267. The van der Waals surface area contributed by atoms with Crippen LogP contribution in [0.3, 0.4) is 0 Å². The Kier molecular flexibility index (Phi) is 5.38. The molecule has 0 bridgehead atoms. The van der Waals surface area contributed by atoms with Crippen LogP contribution >= 0.6 is 34.7 Å². The highest BCUT2D eigenvalue weighted by Crippen LogP contribution is 2.41. The van der Waals surface area contributed by atoms with Gasteiger partial charge in [0.15, 0.2) is 0 Å². The number of amides is 1. The zero-order valence-corrected chi connectivity index (χ0v) is 15.5. The van der Waals surface area contributed by atoms with Gasteiger partial charge in [-0.3, -0.25) is 4.79 Å². The second-order valence-electron chi connectivity index (χ2n) is 5.32.